The predicted octanol–water partition coefficient (Wildman–Crippen LogP) is 1.28. The molecule has 2 amide bonds. The van der Waals surface area contributed by atoms with E-state index in [1.165, 1.54) is 4.68 Å². The van der Waals surface area contributed by atoms with Gasteiger partial charge in [-0.2, -0.15) is 0 Å². The molecule has 9 heteroatoms. The molecule has 1 aliphatic rings. The maximum atomic E-state index is 12.5. The Bertz CT molecular complexity index is 987. The summed E-state index contributed by atoms with van der Waals surface area (Å²) in [6.07, 6.45) is 1.40. The Morgan fingerprint density at radius 1 is 1.36 bits per heavy atom. The van der Waals surface area contributed by atoms with E-state index in [1.54, 1.807) is 0 Å². The van der Waals surface area contributed by atoms with Crippen LogP contribution in [0.15, 0.2) is 24.3 Å². The summed E-state index contributed by atoms with van der Waals surface area (Å²) in [5.41, 5.74) is 2.14. The fourth-order valence-corrected chi connectivity index (χ4v) is 3.53. The number of nitrogens with zero attached hydrogens (tertiary/aromatic N) is 4. The smallest absolute Gasteiger partial charge is 0.274 e. The summed E-state index contributed by atoms with van der Waals surface area (Å²) in [6, 6.07) is 7.77. The minimum Gasteiger partial charge on any atom is -0.350 e. The van der Waals surface area contributed by atoms with Crippen molar-refractivity contribution in [2.45, 2.75) is 39.3 Å². The molecule has 146 valence electrons. The lowest BCUT2D eigenvalue weighted by molar-refractivity contribution is 0.0870. The third kappa shape index (κ3) is 3.60. The second-order valence-corrected chi connectivity index (χ2v) is 7.48. The number of H-pyrrole nitrogens is 1. The van der Waals surface area contributed by atoms with E-state index < -0.39 is 5.91 Å². The lowest BCUT2D eigenvalue weighted by Crippen LogP contribution is -2.46. The highest BCUT2D eigenvalue weighted by Crippen LogP contribution is 2.16. The number of para-hydroxylation sites is 2. The molecule has 0 saturated carbocycles. The number of aromatic nitrogens is 5. The summed E-state index contributed by atoms with van der Waals surface area (Å²) < 4.78 is 1.53. The number of fused-ring (bicyclic) bond motifs is 2. The number of nitrogens with one attached hydrogen (secondary N) is 3. The number of benzene rings is 1. The predicted molar refractivity (Wildman–Crippen MR) is 103 cm³/mol. The number of rotatable bonds is 6. The molecule has 28 heavy (non-hydrogen) atoms. The highest BCUT2D eigenvalue weighted by Gasteiger charge is 2.32. The van der Waals surface area contributed by atoms with Gasteiger partial charge in [0.1, 0.15) is 5.82 Å². The largest absolute Gasteiger partial charge is 0.350 e. The zero-order valence-corrected chi connectivity index (χ0v) is 15.9. The van der Waals surface area contributed by atoms with Crippen LogP contribution in [-0.4, -0.2) is 49.4 Å². The number of imidazole rings is 1. The van der Waals surface area contributed by atoms with Crippen molar-refractivity contribution in [3.05, 3.63) is 41.5 Å². The van der Waals surface area contributed by atoms with Crippen LogP contribution in [0.1, 0.15) is 47.1 Å². The number of carbonyl (C=O) groups excluding carboxylic acids is 2. The van der Waals surface area contributed by atoms with Crippen molar-refractivity contribution >= 4 is 22.8 Å². The number of hydrogen-bond acceptors (Lipinski definition) is 5. The van der Waals surface area contributed by atoms with Gasteiger partial charge in [0.25, 0.3) is 11.8 Å². The van der Waals surface area contributed by atoms with Crippen LogP contribution in [0, 0.1) is 5.92 Å². The molecule has 0 fully saturated rings. The van der Waals surface area contributed by atoms with Gasteiger partial charge in [-0.05, 0) is 24.5 Å². The van der Waals surface area contributed by atoms with Gasteiger partial charge in [-0.3, -0.25) is 9.59 Å². The van der Waals surface area contributed by atoms with E-state index >= 15 is 0 Å². The van der Waals surface area contributed by atoms with Crippen LogP contribution in [0.2, 0.25) is 0 Å². The van der Waals surface area contributed by atoms with Gasteiger partial charge in [-0.15, -0.1) is 5.10 Å². The molecule has 3 aromatic rings. The summed E-state index contributed by atoms with van der Waals surface area (Å²) >= 11 is 0. The first-order valence-electron chi connectivity index (χ1n) is 9.47. The van der Waals surface area contributed by atoms with Gasteiger partial charge in [0.15, 0.2) is 11.4 Å². The Morgan fingerprint density at radius 3 is 2.96 bits per heavy atom. The average Bonchev–Trinajstić information content (AvgIpc) is 3.24. The standard InChI is InChI=1S/C19H23N7O2/c1-11(2)9-12-10-26-17(19(28)21-12)16(24-25-26)18(27)20-8-7-15-22-13-5-3-4-6-14(13)23-15/h3-6,11-12H,7-10H2,1-2H3,(H,20,27)(H,21,28)(H,22,23). The Morgan fingerprint density at radius 2 is 2.18 bits per heavy atom. The van der Waals surface area contributed by atoms with E-state index in [0.29, 0.717) is 25.4 Å². The van der Waals surface area contributed by atoms with Gasteiger partial charge in [0, 0.05) is 19.0 Å². The average molecular weight is 381 g/mol. The fourth-order valence-electron chi connectivity index (χ4n) is 3.53. The SMILES string of the molecule is CC(C)CC1Cn2nnc(C(=O)NCCc3nc4ccccc4[nH]3)c2C(=O)N1. The fraction of sp³-hybridized carbons (Fsp3) is 0.421. The molecule has 0 radical (unpaired) electrons. The second-order valence-electron chi connectivity index (χ2n) is 7.48. The molecule has 0 aliphatic carbocycles. The van der Waals surface area contributed by atoms with Crippen LogP contribution in [0.25, 0.3) is 11.0 Å². The van der Waals surface area contributed by atoms with Gasteiger partial charge >= 0.3 is 0 Å². The third-order valence-electron chi connectivity index (χ3n) is 4.74. The molecule has 9 nitrogen and oxygen atoms in total. The monoisotopic (exact) mass is 381 g/mol. The van der Waals surface area contributed by atoms with E-state index in [-0.39, 0.29) is 23.3 Å². The van der Waals surface area contributed by atoms with Gasteiger partial charge in [-0.1, -0.05) is 31.2 Å². The first-order valence-corrected chi connectivity index (χ1v) is 9.47. The molecular formula is C19H23N7O2. The molecule has 3 heterocycles. The zero-order valence-electron chi connectivity index (χ0n) is 15.9. The highest BCUT2D eigenvalue weighted by atomic mass is 16.2. The van der Waals surface area contributed by atoms with Gasteiger partial charge in [0.2, 0.25) is 0 Å². The van der Waals surface area contributed by atoms with Crippen LogP contribution in [0.5, 0.6) is 0 Å². The number of carbonyl (C=O) groups is 2. The number of hydrogen-bond donors (Lipinski definition) is 3. The summed E-state index contributed by atoms with van der Waals surface area (Å²) in [7, 11) is 0. The Labute approximate surface area is 161 Å². The number of aromatic amines is 1. The zero-order chi connectivity index (χ0) is 19.7. The molecule has 1 atom stereocenters. The topological polar surface area (TPSA) is 118 Å². The molecular weight excluding hydrogens is 358 g/mol. The molecule has 0 saturated heterocycles. The normalized spacial score (nSPS) is 16.2. The van der Waals surface area contributed by atoms with Crippen molar-refractivity contribution in [3.8, 4) is 0 Å². The molecule has 2 aromatic heterocycles. The van der Waals surface area contributed by atoms with Crippen molar-refractivity contribution in [3.63, 3.8) is 0 Å². The van der Waals surface area contributed by atoms with Crippen LogP contribution < -0.4 is 10.6 Å². The third-order valence-corrected chi connectivity index (χ3v) is 4.74. The molecule has 0 spiro atoms. The van der Waals surface area contributed by atoms with Gasteiger partial charge in [0.05, 0.1) is 17.6 Å². The van der Waals surface area contributed by atoms with Crippen molar-refractivity contribution in [2.24, 2.45) is 5.92 Å². The molecule has 0 bridgehead atoms. The highest BCUT2D eigenvalue weighted by molar-refractivity contribution is 6.05. The Balaban J connectivity index is 1.39. The maximum absolute atomic E-state index is 12.5. The minimum absolute atomic E-state index is 0.00527. The van der Waals surface area contributed by atoms with E-state index in [1.807, 2.05) is 24.3 Å². The molecule has 1 unspecified atom stereocenters. The van der Waals surface area contributed by atoms with Crippen LogP contribution in [-0.2, 0) is 13.0 Å². The van der Waals surface area contributed by atoms with Crippen molar-refractivity contribution in [1.82, 2.24) is 35.6 Å². The summed E-state index contributed by atoms with van der Waals surface area (Å²) in [5, 5.41) is 13.7. The first kappa shape index (κ1) is 18.1. The number of amides is 2. The van der Waals surface area contributed by atoms with E-state index in [9.17, 15) is 9.59 Å². The van der Waals surface area contributed by atoms with Crippen molar-refractivity contribution in [1.29, 1.82) is 0 Å². The van der Waals surface area contributed by atoms with Crippen LogP contribution in [0.3, 0.4) is 0 Å². The summed E-state index contributed by atoms with van der Waals surface area (Å²) in [6.45, 7) is 5.11. The molecule has 1 aromatic carbocycles. The molecule has 3 N–H and O–H groups in total. The van der Waals surface area contributed by atoms with Crippen LogP contribution in [0.4, 0.5) is 0 Å². The summed E-state index contributed by atoms with van der Waals surface area (Å²) in [4.78, 5) is 32.7. The quantitative estimate of drug-likeness (QED) is 0.595. The first-order chi connectivity index (χ1) is 13.5. The Hall–Kier alpha value is -3.23. The lowest BCUT2D eigenvalue weighted by Gasteiger charge is -2.25. The molecule has 1 aliphatic heterocycles. The van der Waals surface area contributed by atoms with Crippen LogP contribution >= 0.6 is 0 Å². The molecule has 4 rings (SSSR count). The maximum Gasteiger partial charge on any atom is 0.274 e. The van der Waals surface area contributed by atoms with E-state index in [4.69, 9.17) is 0 Å². The van der Waals surface area contributed by atoms with Gasteiger partial charge in [-0.25, -0.2) is 9.67 Å². The van der Waals surface area contributed by atoms with E-state index in [2.05, 4.69) is 44.8 Å². The van der Waals surface area contributed by atoms with E-state index in [0.717, 1.165) is 23.3 Å². The minimum atomic E-state index is -0.408. The second kappa shape index (κ2) is 7.41. The van der Waals surface area contributed by atoms with Crippen molar-refractivity contribution in [2.75, 3.05) is 6.54 Å². The van der Waals surface area contributed by atoms with Crippen molar-refractivity contribution < 1.29 is 9.59 Å². The van der Waals surface area contributed by atoms with Gasteiger partial charge < -0.3 is 15.6 Å². The Kier molecular flexibility index (Phi) is 4.81. The summed E-state index contributed by atoms with van der Waals surface area (Å²) in [5.74, 6) is 0.538. The lowest BCUT2D eigenvalue weighted by atomic mass is 10.0.